The van der Waals surface area contributed by atoms with E-state index in [1.807, 2.05) is 6.92 Å². The summed E-state index contributed by atoms with van der Waals surface area (Å²) in [6.07, 6.45) is 1.17. The highest BCUT2D eigenvalue weighted by molar-refractivity contribution is 6.31. The van der Waals surface area contributed by atoms with Crippen LogP contribution in [0.5, 0.6) is 0 Å². The van der Waals surface area contributed by atoms with E-state index in [0.717, 1.165) is 5.56 Å². The van der Waals surface area contributed by atoms with Crippen LogP contribution in [0.3, 0.4) is 0 Å². The van der Waals surface area contributed by atoms with Crippen molar-refractivity contribution in [3.8, 4) is 0 Å². The zero-order chi connectivity index (χ0) is 10.7. The first-order valence-electron chi connectivity index (χ1n) is 4.18. The third-order valence-corrected chi connectivity index (χ3v) is 2.21. The van der Waals surface area contributed by atoms with Crippen LogP contribution in [0, 0.1) is 6.92 Å². The minimum absolute atomic E-state index is 0.0561. The number of carbonyl (C=O) groups excluding carboxylic acids is 1. The Hall–Kier alpha value is -1.28. The summed E-state index contributed by atoms with van der Waals surface area (Å²) in [6.45, 7) is 3.25. The molecule has 0 spiro atoms. The van der Waals surface area contributed by atoms with Crippen molar-refractivity contribution in [2.24, 2.45) is 0 Å². The fraction of sp³-hybridized carbons (Fsp3) is 0.182. The van der Waals surface area contributed by atoms with Gasteiger partial charge in [-0.15, -0.1) is 0 Å². The number of aryl methyl sites for hydroxylation is 1. The van der Waals surface area contributed by atoms with Crippen LogP contribution in [0.4, 0.5) is 0 Å². The van der Waals surface area contributed by atoms with E-state index < -0.39 is 0 Å². The van der Waals surface area contributed by atoms with Crippen molar-refractivity contribution < 1.29 is 9.90 Å². The zero-order valence-electron chi connectivity index (χ0n) is 8.04. The molecule has 14 heavy (non-hydrogen) atoms. The average molecular weight is 211 g/mol. The van der Waals surface area contributed by atoms with Crippen molar-refractivity contribution in [1.82, 2.24) is 0 Å². The molecular weight excluding hydrogens is 200 g/mol. The van der Waals surface area contributed by atoms with Crippen LogP contribution < -0.4 is 0 Å². The number of carbonyl (C=O) groups is 1. The van der Waals surface area contributed by atoms with Gasteiger partial charge in [-0.25, -0.2) is 0 Å². The lowest BCUT2D eigenvalue weighted by Gasteiger charge is -2.02. The maximum atomic E-state index is 10.7. The van der Waals surface area contributed by atoms with Gasteiger partial charge in [0.05, 0.1) is 0 Å². The molecule has 1 aromatic carbocycles. The SMILES string of the molecule is CC(=O)C=C(O)c1ccc(C)c(Cl)c1. The average Bonchev–Trinajstić information content (AvgIpc) is 2.08. The summed E-state index contributed by atoms with van der Waals surface area (Å²) in [5.41, 5.74) is 1.49. The smallest absolute Gasteiger partial charge is 0.156 e. The van der Waals surface area contributed by atoms with Gasteiger partial charge in [-0.3, -0.25) is 4.79 Å². The van der Waals surface area contributed by atoms with Gasteiger partial charge in [0.25, 0.3) is 0 Å². The highest BCUT2D eigenvalue weighted by atomic mass is 35.5. The third kappa shape index (κ3) is 2.60. The second-order valence-electron chi connectivity index (χ2n) is 3.10. The molecule has 1 aromatic rings. The molecule has 0 heterocycles. The van der Waals surface area contributed by atoms with Crippen molar-refractivity contribution in [2.75, 3.05) is 0 Å². The molecular formula is C11H11ClO2. The van der Waals surface area contributed by atoms with E-state index in [0.29, 0.717) is 10.6 Å². The van der Waals surface area contributed by atoms with Crippen molar-refractivity contribution in [3.63, 3.8) is 0 Å². The lowest BCUT2D eigenvalue weighted by molar-refractivity contribution is -0.112. The predicted molar refractivity (Wildman–Crippen MR) is 57.5 cm³/mol. The van der Waals surface area contributed by atoms with Gasteiger partial charge in [0.2, 0.25) is 0 Å². The number of ketones is 1. The number of benzene rings is 1. The van der Waals surface area contributed by atoms with Crippen molar-refractivity contribution in [2.45, 2.75) is 13.8 Å². The minimum Gasteiger partial charge on any atom is -0.507 e. The summed E-state index contributed by atoms with van der Waals surface area (Å²) < 4.78 is 0. The van der Waals surface area contributed by atoms with Crippen LogP contribution in [-0.2, 0) is 4.79 Å². The molecule has 0 aromatic heterocycles. The second-order valence-corrected chi connectivity index (χ2v) is 3.51. The maximum absolute atomic E-state index is 10.7. The Morgan fingerprint density at radius 1 is 1.50 bits per heavy atom. The Kier molecular flexibility index (Phi) is 3.31. The molecule has 0 radical (unpaired) electrons. The largest absolute Gasteiger partial charge is 0.507 e. The molecule has 2 nitrogen and oxygen atoms in total. The summed E-state index contributed by atoms with van der Waals surface area (Å²) in [4.78, 5) is 10.7. The van der Waals surface area contributed by atoms with E-state index in [1.54, 1.807) is 18.2 Å². The molecule has 0 aliphatic carbocycles. The van der Waals surface area contributed by atoms with Crippen LogP contribution in [0.1, 0.15) is 18.1 Å². The van der Waals surface area contributed by atoms with Gasteiger partial charge in [-0.05, 0) is 25.5 Å². The fourth-order valence-corrected chi connectivity index (χ4v) is 1.21. The van der Waals surface area contributed by atoms with Crippen molar-refractivity contribution in [3.05, 3.63) is 40.4 Å². The molecule has 0 saturated heterocycles. The monoisotopic (exact) mass is 210 g/mol. The quantitative estimate of drug-likeness (QED) is 0.602. The van der Waals surface area contributed by atoms with Crippen molar-refractivity contribution in [1.29, 1.82) is 0 Å². The minimum atomic E-state index is -0.195. The number of hydrogen-bond donors (Lipinski definition) is 1. The molecule has 0 unspecified atom stereocenters. The van der Waals surface area contributed by atoms with Crippen molar-refractivity contribution >= 4 is 23.1 Å². The summed E-state index contributed by atoms with van der Waals surface area (Å²) in [7, 11) is 0. The topological polar surface area (TPSA) is 37.3 Å². The summed E-state index contributed by atoms with van der Waals surface area (Å²) in [5.74, 6) is -0.251. The van der Waals surface area contributed by atoms with E-state index in [9.17, 15) is 9.90 Å². The Bertz CT molecular complexity index is 394. The van der Waals surface area contributed by atoms with E-state index in [4.69, 9.17) is 11.6 Å². The van der Waals surface area contributed by atoms with Gasteiger partial charge >= 0.3 is 0 Å². The van der Waals surface area contributed by atoms with Crippen LogP contribution in [-0.4, -0.2) is 10.9 Å². The fourth-order valence-electron chi connectivity index (χ4n) is 1.03. The van der Waals surface area contributed by atoms with Gasteiger partial charge in [-0.1, -0.05) is 23.7 Å². The first-order chi connectivity index (χ1) is 6.50. The Labute approximate surface area is 87.8 Å². The molecule has 1 rings (SSSR count). The van der Waals surface area contributed by atoms with E-state index in [-0.39, 0.29) is 11.5 Å². The molecule has 74 valence electrons. The maximum Gasteiger partial charge on any atom is 0.156 e. The number of halogens is 1. The Morgan fingerprint density at radius 2 is 2.14 bits per heavy atom. The molecule has 0 saturated carbocycles. The van der Waals surface area contributed by atoms with Crippen LogP contribution in [0.25, 0.3) is 5.76 Å². The molecule has 0 atom stereocenters. The zero-order valence-corrected chi connectivity index (χ0v) is 8.80. The standard InChI is InChI=1S/C11H11ClO2/c1-7-3-4-9(6-10(7)12)11(14)5-8(2)13/h3-6,14H,1-2H3. The first-order valence-corrected chi connectivity index (χ1v) is 4.56. The predicted octanol–water partition coefficient (Wildman–Crippen LogP) is 3.14. The number of aliphatic hydroxyl groups is 1. The van der Waals surface area contributed by atoms with E-state index >= 15 is 0 Å². The molecule has 0 amide bonds. The highest BCUT2D eigenvalue weighted by Gasteiger charge is 2.02. The summed E-state index contributed by atoms with van der Waals surface area (Å²) in [5, 5.41) is 10.1. The molecule has 1 N–H and O–H groups in total. The van der Waals surface area contributed by atoms with Crippen LogP contribution in [0.2, 0.25) is 5.02 Å². The highest BCUT2D eigenvalue weighted by Crippen LogP contribution is 2.20. The second kappa shape index (κ2) is 4.29. The Balaban J connectivity index is 3.09. The van der Waals surface area contributed by atoms with Gasteiger partial charge in [0.1, 0.15) is 5.76 Å². The lowest BCUT2D eigenvalue weighted by Crippen LogP contribution is -1.89. The van der Waals surface area contributed by atoms with E-state index in [1.165, 1.54) is 13.0 Å². The lowest BCUT2D eigenvalue weighted by atomic mass is 10.1. The molecule has 0 aliphatic heterocycles. The number of allylic oxidation sites excluding steroid dienone is 1. The van der Waals surface area contributed by atoms with Crippen LogP contribution in [0.15, 0.2) is 24.3 Å². The van der Waals surface area contributed by atoms with Gasteiger partial charge in [-0.2, -0.15) is 0 Å². The number of hydrogen-bond acceptors (Lipinski definition) is 2. The first kappa shape index (κ1) is 10.8. The molecule has 0 fully saturated rings. The Morgan fingerprint density at radius 3 is 2.64 bits per heavy atom. The summed E-state index contributed by atoms with van der Waals surface area (Å²) >= 11 is 5.87. The van der Waals surface area contributed by atoms with Gasteiger partial charge < -0.3 is 5.11 Å². The number of rotatable bonds is 2. The normalized spacial score (nSPS) is 11.5. The van der Waals surface area contributed by atoms with Gasteiger partial charge in [0.15, 0.2) is 5.78 Å². The van der Waals surface area contributed by atoms with Gasteiger partial charge in [0, 0.05) is 16.7 Å². The van der Waals surface area contributed by atoms with E-state index in [2.05, 4.69) is 0 Å². The summed E-state index contributed by atoms with van der Waals surface area (Å²) in [6, 6.07) is 5.14. The molecule has 0 bridgehead atoms. The third-order valence-electron chi connectivity index (χ3n) is 1.81. The van der Waals surface area contributed by atoms with Crippen LogP contribution >= 0.6 is 11.6 Å². The molecule has 0 aliphatic rings. The molecule has 3 heteroatoms. The number of aliphatic hydroxyl groups excluding tert-OH is 1.